The van der Waals surface area contributed by atoms with Gasteiger partial charge in [-0.3, -0.25) is 19.2 Å². The molecule has 2 heterocycles. The van der Waals surface area contributed by atoms with Crippen LogP contribution in [0.4, 0.5) is 4.79 Å². The highest BCUT2D eigenvalue weighted by molar-refractivity contribution is 6.38. The SMILES string of the molecule is C=CCNC(=O)C(=O)C(CC1CC1)NC(=O)C1C2C(CN1C(=O)[C@@H](NC(=O)N[C@H](Cn1cc3ccccc3c1O)C(C)(C)C)C(C)(C)C)C2(C)C. The van der Waals surface area contributed by atoms with Crippen LogP contribution in [0.1, 0.15) is 74.7 Å². The van der Waals surface area contributed by atoms with Gasteiger partial charge in [-0.15, -0.1) is 6.58 Å². The Kier molecular flexibility index (Phi) is 10.4. The van der Waals surface area contributed by atoms with Gasteiger partial charge in [-0.2, -0.15) is 0 Å². The van der Waals surface area contributed by atoms with Crippen molar-refractivity contribution in [3.05, 3.63) is 43.1 Å². The van der Waals surface area contributed by atoms with E-state index in [1.54, 1.807) is 9.47 Å². The standard InChI is InChI=1S/C39H56N6O6/c1-10-17-40-33(48)30(46)26(18-22-15-16-22)41-32(47)29-28-25(39(28,8)9)20-45(29)35(50)31(38(5,6)7)43-36(51)42-27(37(2,3)4)21-44-19-23-13-11-12-14-24(23)34(44)49/h10-14,19,22,25-29,31,49H,1,15-18,20-21H2,2-9H3,(H,40,48)(H,41,47)(H2,42,43,51)/t25?,26?,27-,28?,29?,31-/m1/s1. The molecule has 51 heavy (non-hydrogen) atoms. The number of nitrogens with zero attached hydrogens (tertiary/aromatic N) is 2. The number of rotatable bonds is 13. The van der Waals surface area contributed by atoms with Crippen molar-refractivity contribution in [3.8, 4) is 5.88 Å². The molecule has 3 aliphatic rings. The number of hydrogen-bond donors (Lipinski definition) is 5. The Balaban J connectivity index is 1.33. The summed E-state index contributed by atoms with van der Waals surface area (Å²) in [6.07, 6.45) is 5.56. The van der Waals surface area contributed by atoms with Gasteiger partial charge in [0.2, 0.25) is 17.6 Å². The van der Waals surface area contributed by atoms with Crippen LogP contribution in [-0.4, -0.2) is 81.4 Å². The van der Waals surface area contributed by atoms with E-state index in [9.17, 15) is 29.1 Å². The lowest BCUT2D eigenvalue weighted by Gasteiger charge is -2.38. The highest BCUT2D eigenvalue weighted by Gasteiger charge is 2.70. The Bertz CT molecular complexity index is 1700. The zero-order valence-corrected chi connectivity index (χ0v) is 31.3. The van der Waals surface area contributed by atoms with Crippen molar-refractivity contribution in [2.45, 2.75) is 105 Å². The Labute approximate surface area is 301 Å². The summed E-state index contributed by atoms with van der Waals surface area (Å²) in [5, 5.41) is 23.9. The lowest BCUT2D eigenvalue weighted by Crippen LogP contribution is -2.62. The van der Waals surface area contributed by atoms with Gasteiger partial charge in [-0.25, -0.2) is 4.79 Å². The summed E-state index contributed by atoms with van der Waals surface area (Å²) in [5.41, 5.74) is -1.32. The van der Waals surface area contributed by atoms with E-state index >= 15 is 0 Å². The van der Waals surface area contributed by atoms with Crippen LogP contribution >= 0.6 is 0 Å². The molecule has 5 rings (SSSR count). The Morgan fingerprint density at radius 2 is 1.67 bits per heavy atom. The Hall–Kier alpha value is -4.35. The molecule has 4 unspecified atom stereocenters. The number of Topliss-reactive ketones (excluding diaryl/α,β-unsaturated/α-hetero) is 1. The van der Waals surface area contributed by atoms with E-state index in [0.29, 0.717) is 19.5 Å². The summed E-state index contributed by atoms with van der Waals surface area (Å²) >= 11 is 0. The first-order chi connectivity index (χ1) is 23.7. The Morgan fingerprint density at radius 1 is 1.00 bits per heavy atom. The average molecular weight is 705 g/mol. The molecule has 0 bridgehead atoms. The molecule has 1 saturated heterocycles. The molecule has 2 aliphatic carbocycles. The monoisotopic (exact) mass is 704 g/mol. The fourth-order valence-corrected chi connectivity index (χ4v) is 7.61. The number of nitrogens with one attached hydrogen (secondary N) is 4. The van der Waals surface area contributed by atoms with Crippen molar-refractivity contribution in [1.82, 2.24) is 30.7 Å². The molecule has 278 valence electrons. The molecule has 1 aromatic carbocycles. The highest BCUT2D eigenvalue weighted by Crippen LogP contribution is 2.65. The quantitative estimate of drug-likeness (QED) is 0.156. The maximum Gasteiger partial charge on any atom is 0.315 e. The number of likely N-dealkylation sites (tertiary alicyclic amines) is 1. The molecular weight excluding hydrogens is 648 g/mol. The van der Waals surface area contributed by atoms with Gasteiger partial charge in [0, 0.05) is 36.6 Å². The van der Waals surface area contributed by atoms with Gasteiger partial charge >= 0.3 is 6.03 Å². The van der Waals surface area contributed by atoms with Gasteiger partial charge in [0.15, 0.2) is 5.88 Å². The average Bonchev–Trinajstić information content (AvgIpc) is 3.85. The van der Waals surface area contributed by atoms with Gasteiger partial charge in [0.05, 0.1) is 12.1 Å². The molecule has 12 nitrogen and oxygen atoms in total. The molecule has 2 saturated carbocycles. The van der Waals surface area contributed by atoms with E-state index in [4.69, 9.17) is 0 Å². The Morgan fingerprint density at radius 3 is 2.25 bits per heavy atom. The van der Waals surface area contributed by atoms with Gasteiger partial charge in [-0.1, -0.05) is 92.5 Å². The second-order valence-electron chi connectivity index (χ2n) is 17.5. The first kappa shape index (κ1) is 37.9. The van der Waals surface area contributed by atoms with Crippen molar-refractivity contribution in [2.75, 3.05) is 13.1 Å². The molecule has 5 amide bonds. The molecule has 2 aromatic rings. The number of ketones is 1. The van der Waals surface area contributed by atoms with Gasteiger partial charge in [-0.05, 0) is 46.5 Å². The van der Waals surface area contributed by atoms with E-state index in [1.807, 2.05) is 72.0 Å². The minimum absolute atomic E-state index is 0.0788. The van der Waals surface area contributed by atoms with E-state index in [2.05, 4.69) is 41.7 Å². The van der Waals surface area contributed by atoms with Crippen LogP contribution in [-0.2, 0) is 25.7 Å². The normalized spacial score (nSPS) is 22.7. The fourth-order valence-electron chi connectivity index (χ4n) is 7.61. The molecule has 6 atom stereocenters. The summed E-state index contributed by atoms with van der Waals surface area (Å²) in [6.45, 7) is 20.1. The van der Waals surface area contributed by atoms with Crippen molar-refractivity contribution in [2.24, 2.45) is 34.0 Å². The largest absolute Gasteiger partial charge is 0.494 e. The lowest BCUT2D eigenvalue weighted by molar-refractivity contribution is -0.145. The number of carbonyl (C=O) groups excluding carboxylic acids is 5. The van der Waals surface area contributed by atoms with Crippen molar-refractivity contribution < 1.29 is 29.1 Å². The molecule has 5 N–H and O–H groups in total. The summed E-state index contributed by atoms with van der Waals surface area (Å²) in [7, 11) is 0. The van der Waals surface area contributed by atoms with E-state index < -0.39 is 58.6 Å². The predicted octanol–water partition coefficient (Wildman–Crippen LogP) is 4.11. The van der Waals surface area contributed by atoms with Crippen LogP contribution in [0.5, 0.6) is 5.88 Å². The number of benzene rings is 1. The third-order valence-electron chi connectivity index (χ3n) is 11.2. The maximum atomic E-state index is 14.5. The summed E-state index contributed by atoms with van der Waals surface area (Å²) in [6, 6.07) is 3.72. The van der Waals surface area contributed by atoms with Gasteiger partial charge in [0.1, 0.15) is 12.1 Å². The number of aromatic hydroxyl groups is 1. The van der Waals surface area contributed by atoms with E-state index in [-0.39, 0.29) is 41.5 Å². The van der Waals surface area contributed by atoms with E-state index in [0.717, 1.165) is 23.6 Å². The van der Waals surface area contributed by atoms with Crippen LogP contribution in [0.25, 0.3) is 10.8 Å². The van der Waals surface area contributed by atoms with E-state index in [1.165, 1.54) is 6.08 Å². The first-order valence-electron chi connectivity index (χ1n) is 18.1. The third-order valence-corrected chi connectivity index (χ3v) is 11.2. The molecule has 1 aliphatic heterocycles. The second kappa shape index (κ2) is 14.0. The molecule has 1 aromatic heterocycles. The summed E-state index contributed by atoms with van der Waals surface area (Å²) in [4.78, 5) is 69.7. The number of aromatic nitrogens is 1. The van der Waals surface area contributed by atoms with Gasteiger partial charge in [0.25, 0.3) is 5.91 Å². The van der Waals surface area contributed by atoms with Crippen LogP contribution in [0.3, 0.4) is 0 Å². The molecule has 0 radical (unpaired) electrons. The zero-order valence-electron chi connectivity index (χ0n) is 31.3. The smallest absolute Gasteiger partial charge is 0.315 e. The molecule has 12 heteroatoms. The molecule has 3 fully saturated rings. The minimum Gasteiger partial charge on any atom is -0.494 e. The van der Waals surface area contributed by atoms with Crippen LogP contribution < -0.4 is 21.3 Å². The number of amides is 5. The van der Waals surface area contributed by atoms with Crippen LogP contribution in [0.2, 0.25) is 0 Å². The molecule has 0 spiro atoms. The molecular formula is C39H56N6O6. The van der Waals surface area contributed by atoms with Crippen LogP contribution in [0, 0.1) is 34.0 Å². The topological polar surface area (TPSA) is 162 Å². The summed E-state index contributed by atoms with van der Waals surface area (Å²) < 4.78 is 1.72. The van der Waals surface area contributed by atoms with Crippen LogP contribution in [0.15, 0.2) is 43.1 Å². The fraction of sp³-hybridized carbons (Fsp3) is 0.615. The summed E-state index contributed by atoms with van der Waals surface area (Å²) in [5.74, 6) is -2.00. The minimum atomic E-state index is -0.998. The van der Waals surface area contributed by atoms with Crippen molar-refractivity contribution in [1.29, 1.82) is 0 Å². The number of urea groups is 1. The second-order valence-corrected chi connectivity index (χ2v) is 17.5. The third kappa shape index (κ3) is 8.10. The van der Waals surface area contributed by atoms with Gasteiger partial charge < -0.3 is 35.8 Å². The number of piperidine rings is 1. The number of carbonyl (C=O) groups is 5. The number of hydrogen-bond acceptors (Lipinski definition) is 6. The highest BCUT2D eigenvalue weighted by atomic mass is 16.3. The predicted molar refractivity (Wildman–Crippen MR) is 196 cm³/mol. The zero-order chi connectivity index (χ0) is 37.6. The maximum absolute atomic E-state index is 14.5. The first-order valence-corrected chi connectivity index (χ1v) is 18.1. The van der Waals surface area contributed by atoms with Crippen molar-refractivity contribution >= 4 is 40.3 Å². The number of fused-ring (bicyclic) bond motifs is 2. The lowest BCUT2D eigenvalue weighted by atomic mass is 9.85. The van der Waals surface area contributed by atoms with Crippen molar-refractivity contribution in [3.63, 3.8) is 0 Å².